The Balaban J connectivity index is 1.63. The van der Waals surface area contributed by atoms with Crippen molar-refractivity contribution < 1.29 is 49.6 Å². The van der Waals surface area contributed by atoms with Crippen LogP contribution in [0.25, 0.3) is 0 Å². The molecule has 11 heteroatoms. The molecule has 0 radical (unpaired) electrons. The topological polar surface area (TPSA) is 178 Å². The fraction of sp³-hybridized carbons (Fsp3) is 0.977. The van der Waals surface area contributed by atoms with E-state index in [1.165, 1.54) is 122 Å². The van der Waals surface area contributed by atoms with E-state index in [4.69, 9.17) is 14.2 Å². The lowest BCUT2D eigenvalue weighted by Gasteiger charge is -2.40. The van der Waals surface area contributed by atoms with Crippen molar-refractivity contribution in [2.45, 2.75) is 242 Å². The lowest BCUT2D eigenvalue weighted by atomic mass is 9.98. The van der Waals surface area contributed by atoms with Crippen molar-refractivity contribution in [2.24, 2.45) is 5.92 Å². The van der Waals surface area contributed by atoms with Crippen LogP contribution in [0.1, 0.15) is 193 Å². The summed E-state index contributed by atoms with van der Waals surface area (Å²) in [7, 11) is 0. The number of amides is 1. The largest absolute Gasteiger partial charge is 0.394 e. The van der Waals surface area contributed by atoms with Crippen LogP contribution >= 0.6 is 0 Å². The fourth-order valence-electron chi connectivity index (χ4n) is 7.83. The second kappa shape index (κ2) is 33.0. The molecule has 11 nitrogen and oxygen atoms in total. The zero-order valence-corrected chi connectivity index (χ0v) is 34.8. The second-order valence-electron chi connectivity index (χ2n) is 16.8. The van der Waals surface area contributed by atoms with E-state index in [1.807, 2.05) is 0 Å². The molecule has 0 bridgehead atoms. The molecule has 55 heavy (non-hydrogen) atoms. The maximum atomic E-state index is 13.0. The van der Waals surface area contributed by atoms with Crippen molar-refractivity contribution in [2.75, 3.05) is 26.4 Å². The van der Waals surface area contributed by atoms with Crippen LogP contribution in [0.2, 0.25) is 0 Å². The van der Waals surface area contributed by atoms with Gasteiger partial charge in [0.2, 0.25) is 5.91 Å². The van der Waals surface area contributed by atoms with E-state index < -0.39 is 55.6 Å². The second-order valence-corrected chi connectivity index (χ2v) is 16.8. The molecule has 0 spiro atoms. The lowest BCUT2D eigenvalue weighted by molar-refractivity contribution is -0.303. The molecule has 326 valence electrons. The summed E-state index contributed by atoms with van der Waals surface area (Å²) in [6, 6.07) is -0.986. The number of carbonyl (C=O) groups excluding carboxylic acids is 1. The first kappa shape index (κ1) is 50.3. The summed E-state index contributed by atoms with van der Waals surface area (Å²) in [4.78, 5) is 13.0. The van der Waals surface area contributed by atoms with Crippen molar-refractivity contribution in [3.05, 3.63) is 0 Å². The first-order valence-electron chi connectivity index (χ1n) is 22.9. The molecule has 2 fully saturated rings. The van der Waals surface area contributed by atoms with Crippen molar-refractivity contribution >= 4 is 5.91 Å². The third-order valence-electron chi connectivity index (χ3n) is 11.8. The summed E-state index contributed by atoms with van der Waals surface area (Å²) < 4.78 is 16.4. The van der Waals surface area contributed by atoms with Gasteiger partial charge in [0.05, 0.1) is 38.6 Å². The average Bonchev–Trinajstić information content (AvgIpc) is 3.16. The van der Waals surface area contributed by atoms with Gasteiger partial charge in [-0.2, -0.15) is 0 Å². The number of aliphatic hydroxyl groups excluding tert-OH is 6. The molecular weight excluding hydrogens is 702 g/mol. The van der Waals surface area contributed by atoms with Gasteiger partial charge in [0, 0.05) is 12.3 Å². The molecule has 7 N–H and O–H groups in total. The number of aliphatic hydroxyl groups is 6. The normalized spacial score (nSPS) is 23.4. The third-order valence-corrected chi connectivity index (χ3v) is 11.8. The molecule has 2 heterocycles. The van der Waals surface area contributed by atoms with Crippen LogP contribution in [0.5, 0.6) is 0 Å². The van der Waals surface area contributed by atoms with Crippen molar-refractivity contribution in [1.82, 2.24) is 5.32 Å². The quantitative estimate of drug-likeness (QED) is 0.0325. The Hall–Kier alpha value is -0.890. The van der Waals surface area contributed by atoms with Gasteiger partial charge in [-0.3, -0.25) is 4.79 Å². The zero-order valence-electron chi connectivity index (χ0n) is 34.8. The third kappa shape index (κ3) is 23.3. The molecule has 2 rings (SSSR count). The maximum Gasteiger partial charge on any atom is 0.220 e. The van der Waals surface area contributed by atoms with E-state index in [-0.39, 0.29) is 18.9 Å². The fourth-order valence-corrected chi connectivity index (χ4v) is 7.83. The predicted molar refractivity (Wildman–Crippen MR) is 218 cm³/mol. The van der Waals surface area contributed by atoms with Crippen LogP contribution in [-0.4, -0.2) is 112 Å². The summed E-state index contributed by atoms with van der Waals surface area (Å²) in [5.74, 6) is 0.576. The van der Waals surface area contributed by atoms with Crippen LogP contribution < -0.4 is 5.32 Å². The zero-order chi connectivity index (χ0) is 39.9. The molecular formula is C44H85NO10. The number of rotatable bonds is 37. The highest BCUT2D eigenvalue weighted by atomic mass is 16.7. The number of carbonyl (C=O) groups is 1. The van der Waals surface area contributed by atoms with E-state index >= 15 is 0 Å². The molecule has 0 saturated carbocycles. The monoisotopic (exact) mass is 788 g/mol. The van der Waals surface area contributed by atoms with Gasteiger partial charge in [-0.1, -0.05) is 167 Å². The smallest absolute Gasteiger partial charge is 0.220 e. The first-order valence-corrected chi connectivity index (χ1v) is 22.9. The standard InChI is InChI=1S/C44H85NO10/c1-2-3-4-5-6-7-8-14-17-20-23-26-29-37(47)40(49)36(34-54-44-43(52)42(51)41(50)38(31-46)55-44)45-39(48)30-27-24-21-18-15-12-10-9-11-13-16-19-22-25-28-35-32-53-33-35/h35-38,40-44,46-47,49-52H,2-34H2,1H3,(H,45,48)/t36-,37+,38+,40-,41-,42-,43+,44-/m0/s1. The molecule has 2 aliphatic rings. The van der Waals surface area contributed by atoms with Crippen molar-refractivity contribution in [1.29, 1.82) is 0 Å². The highest BCUT2D eigenvalue weighted by Gasteiger charge is 2.44. The van der Waals surface area contributed by atoms with Crippen molar-refractivity contribution in [3.8, 4) is 0 Å². The summed E-state index contributed by atoms with van der Waals surface area (Å²) in [6.45, 7) is 3.30. The molecule has 0 unspecified atom stereocenters. The molecule has 0 aliphatic carbocycles. The molecule has 1 amide bonds. The van der Waals surface area contributed by atoms with E-state index in [0.717, 1.165) is 70.5 Å². The molecule has 2 saturated heterocycles. The number of ether oxygens (including phenoxy) is 3. The Morgan fingerprint density at radius 1 is 0.655 bits per heavy atom. The van der Waals surface area contributed by atoms with Crippen molar-refractivity contribution in [3.63, 3.8) is 0 Å². The summed E-state index contributed by atoms with van der Waals surface area (Å²) >= 11 is 0. The Morgan fingerprint density at radius 3 is 1.60 bits per heavy atom. The summed E-state index contributed by atoms with van der Waals surface area (Å²) in [5.41, 5.74) is 0. The van der Waals surface area contributed by atoms with E-state index in [2.05, 4.69) is 12.2 Å². The van der Waals surface area contributed by atoms with Gasteiger partial charge >= 0.3 is 0 Å². The minimum atomic E-state index is -1.60. The molecule has 8 atom stereocenters. The van der Waals surface area contributed by atoms with Crippen LogP contribution in [0.15, 0.2) is 0 Å². The molecule has 0 aromatic heterocycles. The molecule has 2 aliphatic heterocycles. The van der Waals surface area contributed by atoms with Gasteiger partial charge in [-0.15, -0.1) is 0 Å². The van der Waals surface area contributed by atoms with Gasteiger partial charge in [0.15, 0.2) is 6.29 Å². The highest BCUT2D eigenvalue weighted by molar-refractivity contribution is 5.76. The van der Waals surface area contributed by atoms with Gasteiger partial charge in [0.1, 0.15) is 30.5 Å². The van der Waals surface area contributed by atoms with Gasteiger partial charge in [0.25, 0.3) is 0 Å². The number of nitrogens with one attached hydrogen (secondary N) is 1. The predicted octanol–water partition coefficient (Wildman–Crippen LogP) is 6.99. The first-order chi connectivity index (χ1) is 26.8. The maximum absolute atomic E-state index is 13.0. The Labute approximate surface area is 334 Å². The minimum Gasteiger partial charge on any atom is -0.394 e. The van der Waals surface area contributed by atoms with Crippen LogP contribution in [0.3, 0.4) is 0 Å². The molecule has 0 aromatic carbocycles. The Bertz CT molecular complexity index is 893. The SMILES string of the molecule is CCCCCCCCCCCCCC[C@@H](O)[C@@H](O)[C@H](CO[C@H]1O[C@H](CO)[C@H](O)[C@H](O)[C@H]1O)NC(=O)CCCCCCCCCCCCCCCCC1COC1. The lowest BCUT2D eigenvalue weighted by Crippen LogP contribution is -2.60. The Kier molecular flexibility index (Phi) is 30.2. The van der Waals surface area contributed by atoms with E-state index in [0.29, 0.717) is 6.42 Å². The van der Waals surface area contributed by atoms with Crippen LogP contribution in [-0.2, 0) is 19.0 Å². The van der Waals surface area contributed by atoms with Gasteiger partial charge < -0.3 is 50.2 Å². The summed E-state index contributed by atoms with van der Waals surface area (Å²) in [6.07, 6.45) is 23.8. The number of hydrogen-bond acceptors (Lipinski definition) is 10. The number of hydrogen-bond donors (Lipinski definition) is 7. The van der Waals surface area contributed by atoms with Crippen LogP contribution in [0, 0.1) is 5.92 Å². The average molecular weight is 788 g/mol. The summed E-state index contributed by atoms with van der Waals surface area (Å²) in [5, 5.41) is 65.1. The number of unbranched alkanes of at least 4 members (excludes halogenated alkanes) is 24. The van der Waals surface area contributed by atoms with Crippen LogP contribution in [0.4, 0.5) is 0 Å². The highest BCUT2D eigenvalue weighted by Crippen LogP contribution is 2.23. The minimum absolute atomic E-state index is 0.257. The molecule has 0 aromatic rings. The van der Waals surface area contributed by atoms with Gasteiger partial charge in [-0.05, 0) is 19.3 Å². The Morgan fingerprint density at radius 2 is 1.13 bits per heavy atom. The van der Waals surface area contributed by atoms with E-state index in [1.54, 1.807) is 0 Å². The van der Waals surface area contributed by atoms with E-state index in [9.17, 15) is 35.4 Å². The van der Waals surface area contributed by atoms with Gasteiger partial charge in [-0.25, -0.2) is 0 Å².